The maximum Gasteiger partial charge on any atom is 0.283 e. The molecule has 196 valence electrons. The van der Waals surface area contributed by atoms with Gasteiger partial charge in [-0.15, -0.1) is 0 Å². The van der Waals surface area contributed by atoms with E-state index in [2.05, 4.69) is 10.6 Å². The Morgan fingerprint density at radius 3 is 2.50 bits per heavy atom. The number of nitrogens with zero attached hydrogens (tertiary/aromatic N) is 1. The largest absolute Gasteiger partial charge is 0.390 e. The Morgan fingerprint density at radius 1 is 1.08 bits per heavy atom. The zero-order valence-electron chi connectivity index (χ0n) is 20.3. The minimum Gasteiger partial charge on any atom is -0.390 e. The van der Waals surface area contributed by atoms with Crippen molar-refractivity contribution >= 4 is 11.3 Å². The van der Waals surface area contributed by atoms with Crippen molar-refractivity contribution in [1.29, 1.82) is 0 Å². The molecule has 0 aromatic heterocycles. The second-order valence-electron chi connectivity index (χ2n) is 9.55. The fraction of sp³-hybridized carbons (Fsp3) is 0.481. The van der Waals surface area contributed by atoms with Gasteiger partial charge in [0.25, 0.3) is 5.92 Å². The molecule has 0 unspecified atom stereocenters. The van der Waals surface area contributed by atoms with Gasteiger partial charge in [-0.25, -0.2) is 17.6 Å². The number of hydrogen-bond acceptors (Lipinski definition) is 4. The molecule has 2 atom stereocenters. The summed E-state index contributed by atoms with van der Waals surface area (Å²) in [5.41, 5.74) is 3.65. The molecule has 4 nitrogen and oxygen atoms in total. The molecule has 1 heterocycles. The highest BCUT2D eigenvalue weighted by Crippen LogP contribution is 2.50. The molecule has 0 bridgehead atoms. The Labute approximate surface area is 208 Å². The van der Waals surface area contributed by atoms with Crippen LogP contribution in [0.3, 0.4) is 0 Å². The van der Waals surface area contributed by atoms with Crippen molar-refractivity contribution in [2.45, 2.75) is 44.2 Å². The molecule has 3 N–H and O–H groups in total. The summed E-state index contributed by atoms with van der Waals surface area (Å²) in [5, 5.41) is 15.2. The van der Waals surface area contributed by atoms with Gasteiger partial charge in [-0.2, -0.15) is 0 Å². The smallest absolute Gasteiger partial charge is 0.283 e. The van der Waals surface area contributed by atoms with E-state index in [0.29, 0.717) is 38.9 Å². The SMILES string of the molecule is C[C@@H]1CC2=C(Cc3ccccc32)[C@@H](c2c(F)cc(NCCNCCCF)cc2F)N1CC(F)(F)CO. The molecule has 1 aliphatic heterocycles. The summed E-state index contributed by atoms with van der Waals surface area (Å²) in [5.74, 6) is -5.05. The lowest BCUT2D eigenvalue weighted by molar-refractivity contribution is -0.0861. The first-order valence-corrected chi connectivity index (χ1v) is 12.3. The molecule has 4 rings (SSSR count). The molecular weight excluding hydrogens is 477 g/mol. The van der Waals surface area contributed by atoms with Gasteiger partial charge in [0.15, 0.2) is 0 Å². The van der Waals surface area contributed by atoms with Crippen molar-refractivity contribution in [3.8, 4) is 0 Å². The number of hydrogen-bond donors (Lipinski definition) is 3. The zero-order chi connectivity index (χ0) is 25.9. The van der Waals surface area contributed by atoms with Crippen molar-refractivity contribution in [2.24, 2.45) is 0 Å². The number of nitrogens with one attached hydrogen (secondary N) is 2. The van der Waals surface area contributed by atoms with E-state index in [-0.39, 0.29) is 11.3 Å². The molecule has 1 aliphatic carbocycles. The molecule has 9 heteroatoms. The average molecular weight is 510 g/mol. The molecule has 0 radical (unpaired) electrons. The van der Waals surface area contributed by atoms with E-state index < -0.39 is 49.5 Å². The second kappa shape index (κ2) is 11.3. The average Bonchev–Trinajstić information content (AvgIpc) is 3.20. The van der Waals surface area contributed by atoms with Gasteiger partial charge >= 0.3 is 0 Å². The molecule has 0 amide bonds. The van der Waals surface area contributed by atoms with Crippen LogP contribution < -0.4 is 10.6 Å². The summed E-state index contributed by atoms with van der Waals surface area (Å²) >= 11 is 0. The van der Waals surface area contributed by atoms with Crippen molar-refractivity contribution in [1.82, 2.24) is 10.2 Å². The van der Waals surface area contributed by atoms with Gasteiger partial charge in [-0.05, 0) is 67.1 Å². The van der Waals surface area contributed by atoms with Gasteiger partial charge in [-0.3, -0.25) is 9.29 Å². The predicted molar refractivity (Wildman–Crippen MR) is 131 cm³/mol. The van der Waals surface area contributed by atoms with Crippen LogP contribution in [0.15, 0.2) is 42.0 Å². The maximum absolute atomic E-state index is 15.5. The Kier molecular flexibility index (Phi) is 8.32. The minimum atomic E-state index is -3.42. The number of alkyl halides is 3. The van der Waals surface area contributed by atoms with E-state index in [4.69, 9.17) is 0 Å². The Hall–Kier alpha value is -2.49. The fourth-order valence-electron chi connectivity index (χ4n) is 5.29. The van der Waals surface area contributed by atoms with Gasteiger partial charge in [0.05, 0.1) is 19.3 Å². The topological polar surface area (TPSA) is 47.5 Å². The van der Waals surface area contributed by atoms with Gasteiger partial charge in [0.1, 0.15) is 18.2 Å². The number of benzene rings is 2. The Morgan fingerprint density at radius 2 is 1.81 bits per heavy atom. The molecule has 2 aromatic carbocycles. The van der Waals surface area contributed by atoms with Gasteiger partial charge in [-0.1, -0.05) is 24.3 Å². The molecular formula is C27H32F5N3O. The Balaban J connectivity index is 1.67. The number of anilines is 1. The van der Waals surface area contributed by atoms with E-state index in [1.807, 2.05) is 24.3 Å². The van der Waals surface area contributed by atoms with Crippen LogP contribution in [0.2, 0.25) is 0 Å². The quantitative estimate of drug-likeness (QED) is 0.292. The maximum atomic E-state index is 15.5. The highest BCUT2D eigenvalue weighted by molar-refractivity contribution is 5.79. The van der Waals surface area contributed by atoms with E-state index in [9.17, 15) is 18.3 Å². The van der Waals surface area contributed by atoms with Crippen LogP contribution in [0, 0.1) is 11.6 Å². The number of halogens is 5. The molecule has 0 saturated heterocycles. The van der Waals surface area contributed by atoms with Crippen molar-refractivity contribution in [3.63, 3.8) is 0 Å². The molecule has 0 spiro atoms. The standard InChI is InChI=1S/C27H32F5N3O/c1-17-11-21-20-6-3-2-5-18(20)12-22(21)26(35(17)15-27(31,32)16-36)25-23(29)13-19(14-24(25)30)34-10-9-33-8-4-7-28/h2-3,5-6,13-14,17,26,33-34,36H,4,7-12,15-16H2,1H3/t17-,26+/m1/s1. The molecule has 2 aromatic rings. The van der Waals surface area contributed by atoms with E-state index in [1.54, 1.807) is 6.92 Å². The highest BCUT2D eigenvalue weighted by atomic mass is 19.3. The van der Waals surface area contributed by atoms with E-state index in [0.717, 1.165) is 22.3 Å². The van der Waals surface area contributed by atoms with Crippen molar-refractivity contribution in [2.75, 3.05) is 44.8 Å². The number of fused-ring (bicyclic) bond motifs is 2. The zero-order valence-corrected chi connectivity index (χ0v) is 20.3. The normalized spacial score (nSPS) is 20.0. The lowest BCUT2D eigenvalue weighted by atomic mass is 9.84. The first-order chi connectivity index (χ1) is 17.3. The molecule has 0 fully saturated rings. The number of aliphatic hydroxyl groups excluding tert-OH is 1. The van der Waals surface area contributed by atoms with Gasteiger partial charge in [0.2, 0.25) is 0 Å². The molecule has 36 heavy (non-hydrogen) atoms. The third kappa shape index (κ3) is 5.58. The summed E-state index contributed by atoms with van der Waals surface area (Å²) in [4.78, 5) is 1.42. The fourth-order valence-corrected chi connectivity index (χ4v) is 5.29. The first kappa shape index (κ1) is 26.6. The van der Waals surface area contributed by atoms with Crippen LogP contribution in [-0.4, -0.2) is 61.4 Å². The van der Waals surface area contributed by atoms with E-state index >= 15 is 8.78 Å². The molecule has 2 aliphatic rings. The van der Waals surface area contributed by atoms with Crippen LogP contribution in [0.25, 0.3) is 5.57 Å². The first-order valence-electron chi connectivity index (χ1n) is 12.3. The van der Waals surface area contributed by atoms with Crippen LogP contribution in [0.4, 0.5) is 27.6 Å². The lowest BCUT2D eigenvalue weighted by Gasteiger charge is -2.43. The second-order valence-corrected chi connectivity index (χ2v) is 9.55. The number of aliphatic hydroxyl groups is 1. The third-order valence-corrected chi connectivity index (χ3v) is 6.95. The van der Waals surface area contributed by atoms with Crippen molar-refractivity contribution in [3.05, 3.63) is 70.3 Å². The summed E-state index contributed by atoms with van der Waals surface area (Å²) in [6.07, 6.45) is 1.29. The monoisotopic (exact) mass is 509 g/mol. The highest BCUT2D eigenvalue weighted by Gasteiger charge is 2.44. The van der Waals surface area contributed by atoms with Crippen molar-refractivity contribution < 1.29 is 27.1 Å². The Bertz CT molecular complexity index is 1080. The predicted octanol–water partition coefficient (Wildman–Crippen LogP) is 5.10. The van der Waals surface area contributed by atoms with Crippen LogP contribution in [-0.2, 0) is 6.42 Å². The van der Waals surface area contributed by atoms with Crippen LogP contribution in [0.5, 0.6) is 0 Å². The molecule has 0 saturated carbocycles. The third-order valence-electron chi connectivity index (χ3n) is 6.95. The summed E-state index contributed by atoms with van der Waals surface area (Å²) in [7, 11) is 0. The van der Waals surface area contributed by atoms with E-state index in [1.165, 1.54) is 17.0 Å². The summed E-state index contributed by atoms with van der Waals surface area (Å²) in [6, 6.07) is 8.61. The lowest BCUT2D eigenvalue weighted by Crippen LogP contribution is -2.48. The van der Waals surface area contributed by atoms with Gasteiger partial charge < -0.3 is 15.7 Å². The van der Waals surface area contributed by atoms with Gasteiger partial charge in [0, 0.05) is 30.4 Å². The summed E-state index contributed by atoms with van der Waals surface area (Å²) in [6.45, 7) is 0.575. The van der Waals surface area contributed by atoms with Crippen LogP contribution in [0.1, 0.15) is 42.5 Å². The number of rotatable bonds is 11. The summed E-state index contributed by atoms with van der Waals surface area (Å²) < 4.78 is 72.0. The van der Waals surface area contributed by atoms with Crippen LogP contribution >= 0.6 is 0 Å². The minimum absolute atomic E-state index is 0.237.